The van der Waals surface area contributed by atoms with Crippen LogP contribution in [-0.4, -0.2) is 55.5 Å². The number of hydrogen-bond acceptors (Lipinski definition) is 6. The quantitative estimate of drug-likeness (QED) is 0.621. The van der Waals surface area contributed by atoms with E-state index in [0.717, 1.165) is 12.1 Å². The first kappa shape index (κ1) is 24.6. The molecule has 9 nitrogen and oxygen atoms in total. The van der Waals surface area contributed by atoms with Gasteiger partial charge in [0.15, 0.2) is 6.61 Å². The van der Waals surface area contributed by atoms with Gasteiger partial charge in [0, 0.05) is 24.8 Å². The summed E-state index contributed by atoms with van der Waals surface area (Å²) in [7, 11) is 1.51. The SMILES string of the molecule is COc1ccc(NC(=O)NC(=O)COC(=O)C2CCN(C(=O)c3ccc(F)cc3F)CC2)cc1. The number of ether oxygens (including phenoxy) is 2. The summed E-state index contributed by atoms with van der Waals surface area (Å²) in [6, 6.07) is 8.38. The lowest BCUT2D eigenvalue weighted by atomic mass is 9.96. The number of methoxy groups -OCH3 is 1. The van der Waals surface area contributed by atoms with Crippen LogP contribution >= 0.6 is 0 Å². The number of amides is 4. The van der Waals surface area contributed by atoms with Gasteiger partial charge in [-0.2, -0.15) is 0 Å². The average molecular weight is 475 g/mol. The minimum Gasteiger partial charge on any atom is -0.497 e. The average Bonchev–Trinajstić information content (AvgIpc) is 2.82. The number of urea groups is 1. The van der Waals surface area contributed by atoms with E-state index in [1.54, 1.807) is 24.3 Å². The molecule has 2 aromatic carbocycles. The van der Waals surface area contributed by atoms with Crippen LogP contribution < -0.4 is 15.4 Å². The van der Waals surface area contributed by atoms with Crippen molar-refractivity contribution in [1.29, 1.82) is 0 Å². The zero-order chi connectivity index (χ0) is 24.7. The van der Waals surface area contributed by atoms with Crippen LogP contribution in [0.15, 0.2) is 42.5 Å². The molecule has 0 saturated carbocycles. The normalized spacial score (nSPS) is 13.7. The van der Waals surface area contributed by atoms with Gasteiger partial charge in [0.25, 0.3) is 11.8 Å². The first-order valence-corrected chi connectivity index (χ1v) is 10.4. The summed E-state index contributed by atoms with van der Waals surface area (Å²) in [5.74, 6) is -3.71. The van der Waals surface area contributed by atoms with Gasteiger partial charge in [0.2, 0.25) is 0 Å². The Morgan fingerprint density at radius 1 is 1.03 bits per heavy atom. The van der Waals surface area contributed by atoms with E-state index in [2.05, 4.69) is 10.6 Å². The topological polar surface area (TPSA) is 114 Å². The lowest BCUT2D eigenvalue weighted by Gasteiger charge is -2.31. The summed E-state index contributed by atoms with van der Waals surface area (Å²) >= 11 is 0. The number of anilines is 1. The number of imide groups is 1. The van der Waals surface area contributed by atoms with Gasteiger partial charge in [-0.3, -0.25) is 19.7 Å². The highest BCUT2D eigenvalue weighted by Gasteiger charge is 2.30. The molecule has 2 N–H and O–H groups in total. The maximum Gasteiger partial charge on any atom is 0.325 e. The number of esters is 1. The second kappa shape index (κ2) is 11.2. The van der Waals surface area contributed by atoms with Gasteiger partial charge < -0.3 is 19.7 Å². The fourth-order valence-corrected chi connectivity index (χ4v) is 3.41. The molecule has 34 heavy (non-hydrogen) atoms. The number of carbonyl (C=O) groups is 4. The lowest BCUT2D eigenvalue weighted by Crippen LogP contribution is -2.42. The van der Waals surface area contributed by atoms with E-state index in [0.29, 0.717) is 17.5 Å². The maximum atomic E-state index is 13.8. The Morgan fingerprint density at radius 2 is 1.71 bits per heavy atom. The van der Waals surface area contributed by atoms with Crippen molar-refractivity contribution in [3.05, 3.63) is 59.7 Å². The molecule has 1 heterocycles. The van der Waals surface area contributed by atoms with Crippen LogP contribution in [0.4, 0.5) is 19.3 Å². The van der Waals surface area contributed by atoms with Crippen molar-refractivity contribution in [3.8, 4) is 5.75 Å². The van der Waals surface area contributed by atoms with E-state index in [1.807, 2.05) is 0 Å². The minimum atomic E-state index is -0.950. The molecule has 3 rings (SSSR count). The summed E-state index contributed by atoms with van der Waals surface area (Å²) < 4.78 is 36.9. The van der Waals surface area contributed by atoms with Crippen molar-refractivity contribution in [2.45, 2.75) is 12.8 Å². The number of halogens is 2. The smallest absolute Gasteiger partial charge is 0.325 e. The first-order chi connectivity index (χ1) is 16.3. The first-order valence-electron chi connectivity index (χ1n) is 10.4. The van der Waals surface area contributed by atoms with Crippen LogP contribution in [0.2, 0.25) is 0 Å². The molecule has 0 radical (unpaired) electrons. The van der Waals surface area contributed by atoms with Crippen LogP contribution in [0.1, 0.15) is 23.2 Å². The zero-order valence-electron chi connectivity index (χ0n) is 18.3. The second-order valence-corrected chi connectivity index (χ2v) is 7.53. The molecule has 11 heteroatoms. The molecule has 1 aliphatic rings. The van der Waals surface area contributed by atoms with Crippen LogP contribution in [0.5, 0.6) is 5.75 Å². The number of likely N-dealkylation sites (tertiary alicyclic amines) is 1. The number of piperidine rings is 1. The molecule has 4 amide bonds. The third-order valence-corrected chi connectivity index (χ3v) is 5.22. The van der Waals surface area contributed by atoms with Crippen molar-refractivity contribution < 1.29 is 37.4 Å². The molecule has 0 bridgehead atoms. The predicted octanol–water partition coefficient (Wildman–Crippen LogP) is 2.72. The Kier molecular flexibility index (Phi) is 8.12. The third-order valence-electron chi connectivity index (χ3n) is 5.22. The number of hydrogen-bond donors (Lipinski definition) is 2. The van der Waals surface area contributed by atoms with Crippen molar-refractivity contribution >= 4 is 29.5 Å². The highest BCUT2D eigenvalue weighted by Crippen LogP contribution is 2.21. The summed E-state index contributed by atoms with van der Waals surface area (Å²) in [4.78, 5) is 49.9. The molecule has 0 aromatic heterocycles. The summed E-state index contributed by atoms with van der Waals surface area (Å²) in [5, 5.41) is 4.51. The van der Waals surface area contributed by atoms with E-state index >= 15 is 0 Å². The molecule has 1 saturated heterocycles. The summed E-state index contributed by atoms with van der Waals surface area (Å²) in [5.41, 5.74) is 0.192. The van der Waals surface area contributed by atoms with Gasteiger partial charge in [-0.05, 0) is 49.2 Å². The number of nitrogens with zero attached hydrogens (tertiary/aromatic N) is 1. The van der Waals surface area contributed by atoms with Crippen molar-refractivity contribution in [3.63, 3.8) is 0 Å². The maximum absolute atomic E-state index is 13.8. The van der Waals surface area contributed by atoms with Gasteiger partial charge in [0.1, 0.15) is 17.4 Å². The van der Waals surface area contributed by atoms with Crippen LogP contribution in [0, 0.1) is 17.6 Å². The third kappa shape index (κ3) is 6.50. The van der Waals surface area contributed by atoms with Gasteiger partial charge in [0.05, 0.1) is 18.6 Å². The van der Waals surface area contributed by atoms with E-state index < -0.39 is 48.0 Å². The van der Waals surface area contributed by atoms with Crippen molar-refractivity contribution in [2.24, 2.45) is 5.92 Å². The highest BCUT2D eigenvalue weighted by atomic mass is 19.1. The fourth-order valence-electron chi connectivity index (χ4n) is 3.41. The van der Waals surface area contributed by atoms with Gasteiger partial charge in [-0.25, -0.2) is 13.6 Å². The standard InChI is InChI=1S/C23H23F2N3O6/c1-33-17-5-3-16(4-6-17)26-23(32)27-20(29)13-34-22(31)14-8-10-28(11-9-14)21(30)18-7-2-15(24)12-19(18)25/h2-7,12,14H,8-11,13H2,1H3,(H2,26,27,29,32). The second-order valence-electron chi connectivity index (χ2n) is 7.53. The van der Waals surface area contributed by atoms with Crippen molar-refractivity contribution in [2.75, 3.05) is 32.1 Å². The number of benzene rings is 2. The molecule has 1 aliphatic heterocycles. The van der Waals surface area contributed by atoms with Crippen LogP contribution in [0.3, 0.4) is 0 Å². The fraction of sp³-hybridized carbons (Fsp3) is 0.304. The van der Waals surface area contributed by atoms with E-state index in [-0.39, 0.29) is 31.5 Å². The Hall–Kier alpha value is -4.02. The molecule has 1 fully saturated rings. The van der Waals surface area contributed by atoms with E-state index in [4.69, 9.17) is 9.47 Å². The zero-order valence-corrected chi connectivity index (χ0v) is 18.3. The highest BCUT2D eigenvalue weighted by molar-refractivity contribution is 6.02. The molecule has 0 atom stereocenters. The van der Waals surface area contributed by atoms with Crippen LogP contribution in [-0.2, 0) is 14.3 Å². The van der Waals surface area contributed by atoms with Gasteiger partial charge in [-0.1, -0.05) is 0 Å². The molecule has 0 spiro atoms. The predicted molar refractivity (Wildman–Crippen MR) is 116 cm³/mol. The van der Waals surface area contributed by atoms with Crippen molar-refractivity contribution in [1.82, 2.24) is 10.2 Å². The minimum absolute atomic E-state index is 0.172. The Labute approximate surface area is 194 Å². The Bertz CT molecular complexity index is 1070. The van der Waals surface area contributed by atoms with Gasteiger partial charge >= 0.3 is 12.0 Å². The Morgan fingerprint density at radius 3 is 2.32 bits per heavy atom. The molecule has 2 aromatic rings. The summed E-state index contributed by atoms with van der Waals surface area (Å²) in [6.45, 7) is -0.299. The van der Waals surface area contributed by atoms with E-state index in [9.17, 15) is 28.0 Å². The molecular weight excluding hydrogens is 452 g/mol. The molecule has 180 valence electrons. The molecule has 0 aliphatic carbocycles. The lowest BCUT2D eigenvalue weighted by molar-refractivity contribution is -0.153. The summed E-state index contributed by atoms with van der Waals surface area (Å²) in [6.07, 6.45) is 0.514. The molecule has 0 unspecified atom stereocenters. The number of rotatable bonds is 6. The number of carbonyl (C=O) groups excluding carboxylic acids is 4. The monoisotopic (exact) mass is 475 g/mol. The number of nitrogens with one attached hydrogen (secondary N) is 2. The molecular formula is C23H23F2N3O6. The van der Waals surface area contributed by atoms with E-state index in [1.165, 1.54) is 12.0 Å². The largest absolute Gasteiger partial charge is 0.497 e. The van der Waals surface area contributed by atoms with Crippen LogP contribution in [0.25, 0.3) is 0 Å². The van der Waals surface area contributed by atoms with Gasteiger partial charge in [-0.15, -0.1) is 0 Å². The Balaban J connectivity index is 1.40.